The molecule has 0 unspecified atom stereocenters. The number of likely N-dealkylation sites (N-methyl/N-ethyl adjacent to an activating group) is 1. The summed E-state index contributed by atoms with van der Waals surface area (Å²) in [6, 6.07) is 8.46. The summed E-state index contributed by atoms with van der Waals surface area (Å²) in [6.07, 6.45) is 2.28. The Labute approximate surface area is 115 Å². The lowest BCUT2D eigenvalue weighted by molar-refractivity contribution is -0.133. The lowest BCUT2D eigenvalue weighted by atomic mass is 10.0. The van der Waals surface area contributed by atoms with Crippen LogP contribution in [0.4, 0.5) is 0 Å². The van der Waals surface area contributed by atoms with Crippen LogP contribution in [-0.4, -0.2) is 30.0 Å². The molecule has 3 heteroatoms. The molecule has 1 saturated carbocycles. The van der Waals surface area contributed by atoms with Crippen molar-refractivity contribution in [1.82, 2.24) is 4.90 Å². The second-order valence-corrected chi connectivity index (χ2v) is 5.42. The van der Waals surface area contributed by atoms with Crippen molar-refractivity contribution in [3.63, 3.8) is 0 Å². The highest BCUT2D eigenvalue weighted by Crippen LogP contribution is 2.26. The van der Waals surface area contributed by atoms with E-state index >= 15 is 0 Å². The monoisotopic (exact) mass is 261 g/mol. The number of nitrogens with zero attached hydrogens (tertiary/aromatic N) is 1. The number of hydrogen-bond acceptors (Lipinski definition) is 2. The van der Waals surface area contributed by atoms with Crippen molar-refractivity contribution in [1.29, 1.82) is 0 Å². The minimum Gasteiger partial charge on any atom is -0.484 e. The topological polar surface area (TPSA) is 29.5 Å². The van der Waals surface area contributed by atoms with E-state index in [1.165, 1.54) is 5.56 Å². The summed E-state index contributed by atoms with van der Waals surface area (Å²) < 4.78 is 5.57. The smallest absolute Gasteiger partial charge is 0.260 e. The molecule has 1 aromatic rings. The summed E-state index contributed by atoms with van der Waals surface area (Å²) in [7, 11) is 0. The molecule has 0 spiro atoms. The van der Waals surface area contributed by atoms with Gasteiger partial charge in [-0.1, -0.05) is 26.0 Å². The normalized spacial score (nSPS) is 14.5. The Morgan fingerprint density at radius 3 is 2.42 bits per heavy atom. The molecular formula is C16H23NO2. The average Bonchev–Trinajstić information content (AvgIpc) is 3.22. The van der Waals surface area contributed by atoms with Crippen molar-refractivity contribution < 1.29 is 9.53 Å². The van der Waals surface area contributed by atoms with Gasteiger partial charge in [0.15, 0.2) is 6.61 Å². The first kappa shape index (κ1) is 13.9. The van der Waals surface area contributed by atoms with Crippen molar-refractivity contribution in [2.45, 2.75) is 45.6 Å². The van der Waals surface area contributed by atoms with Crippen LogP contribution in [0.1, 0.15) is 45.1 Å². The van der Waals surface area contributed by atoms with E-state index in [9.17, 15) is 4.79 Å². The van der Waals surface area contributed by atoms with Gasteiger partial charge in [-0.15, -0.1) is 0 Å². The van der Waals surface area contributed by atoms with E-state index in [-0.39, 0.29) is 12.5 Å². The third kappa shape index (κ3) is 3.72. The highest BCUT2D eigenvalue weighted by molar-refractivity contribution is 5.78. The van der Waals surface area contributed by atoms with Crippen molar-refractivity contribution in [2.24, 2.45) is 0 Å². The van der Waals surface area contributed by atoms with Gasteiger partial charge in [0, 0.05) is 12.6 Å². The summed E-state index contributed by atoms with van der Waals surface area (Å²) in [5.74, 6) is 1.38. The van der Waals surface area contributed by atoms with Gasteiger partial charge in [0.1, 0.15) is 5.75 Å². The van der Waals surface area contributed by atoms with Gasteiger partial charge in [-0.05, 0) is 43.4 Å². The predicted octanol–water partition coefficient (Wildman–Crippen LogP) is 3.20. The van der Waals surface area contributed by atoms with Gasteiger partial charge < -0.3 is 9.64 Å². The SMILES string of the molecule is CCN(C(=O)COc1ccc(C(C)C)cc1)C1CC1. The molecule has 1 aromatic carbocycles. The molecule has 2 rings (SSSR count). The number of carbonyl (C=O) groups is 1. The first-order valence-electron chi connectivity index (χ1n) is 7.14. The number of benzene rings is 1. The van der Waals surface area contributed by atoms with E-state index in [4.69, 9.17) is 4.74 Å². The van der Waals surface area contributed by atoms with Crippen molar-refractivity contribution in [3.8, 4) is 5.75 Å². The summed E-state index contributed by atoms with van der Waals surface area (Å²) in [4.78, 5) is 13.9. The Hall–Kier alpha value is -1.51. The third-order valence-corrected chi connectivity index (χ3v) is 3.56. The van der Waals surface area contributed by atoms with Crippen molar-refractivity contribution >= 4 is 5.91 Å². The van der Waals surface area contributed by atoms with Gasteiger partial charge in [-0.2, -0.15) is 0 Å². The quantitative estimate of drug-likeness (QED) is 0.787. The molecule has 1 aliphatic rings. The molecule has 104 valence electrons. The van der Waals surface area contributed by atoms with E-state index in [2.05, 4.69) is 26.0 Å². The first-order valence-corrected chi connectivity index (χ1v) is 7.14. The van der Waals surface area contributed by atoms with Gasteiger partial charge >= 0.3 is 0 Å². The van der Waals surface area contributed by atoms with Crippen LogP contribution in [0.15, 0.2) is 24.3 Å². The fraction of sp³-hybridized carbons (Fsp3) is 0.562. The minimum absolute atomic E-state index is 0.0953. The first-order chi connectivity index (χ1) is 9.11. The summed E-state index contributed by atoms with van der Waals surface area (Å²) in [6.45, 7) is 7.26. The van der Waals surface area contributed by atoms with Crippen LogP contribution in [0.5, 0.6) is 5.75 Å². The molecule has 1 aliphatic carbocycles. The van der Waals surface area contributed by atoms with Crippen LogP contribution in [0, 0.1) is 0 Å². The van der Waals surface area contributed by atoms with Crippen molar-refractivity contribution in [3.05, 3.63) is 29.8 Å². The maximum absolute atomic E-state index is 12.0. The number of carbonyl (C=O) groups excluding carboxylic acids is 1. The lowest BCUT2D eigenvalue weighted by Crippen LogP contribution is -2.36. The summed E-state index contributed by atoms with van der Waals surface area (Å²) in [5, 5.41) is 0. The van der Waals surface area contributed by atoms with Crippen LogP contribution < -0.4 is 4.74 Å². The molecule has 1 fully saturated rings. The maximum Gasteiger partial charge on any atom is 0.260 e. The predicted molar refractivity (Wildman–Crippen MR) is 76.4 cm³/mol. The van der Waals surface area contributed by atoms with Crippen LogP contribution in [0.2, 0.25) is 0 Å². The second-order valence-electron chi connectivity index (χ2n) is 5.42. The molecule has 0 N–H and O–H groups in total. The molecule has 0 heterocycles. The van der Waals surface area contributed by atoms with Crippen molar-refractivity contribution in [2.75, 3.05) is 13.2 Å². The van der Waals surface area contributed by atoms with E-state index in [1.807, 2.05) is 24.0 Å². The van der Waals surface area contributed by atoms with E-state index < -0.39 is 0 Å². The lowest BCUT2D eigenvalue weighted by Gasteiger charge is -2.20. The highest BCUT2D eigenvalue weighted by atomic mass is 16.5. The third-order valence-electron chi connectivity index (χ3n) is 3.56. The molecule has 0 saturated heterocycles. The summed E-state index contributed by atoms with van der Waals surface area (Å²) >= 11 is 0. The zero-order chi connectivity index (χ0) is 13.8. The highest BCUT2D eigenvalue weighted by Gasteiger charge is 2.31. The maximum atomic E-state index is 12.0. The fourth-order valence-corrected chi connectivity index (χ4v) is 2.20. The largest absolute Gasteiger partial charge is 0.484 e. The summed E-state index contributed by atoms with van der Waals surface area (Å²) in [5.41, 5.74) is 1.28. The van der Waals surface area contributed by atoms with E-state index in [1.54, 1.807) is 0 Å². The Kier molecular flexibility index (Phi) is 4.46. The van der Waals surface area contributed by atoms with Crippen LogP contribution in [0.3, 0.4) is 0 Å². The number of rotatable bonds is 6. The zero-order valence-electron chi connectivity index (χ0n) is 12.1. The fourth-order valence-electron chi connectivity index (χ4n) is 2.20. The Balaban J connectivity index is 1.85. The minimum atomic E-state index is 0.0953. The zero-order valence-corrected chi connectivity index (χ0v) is 12.1. The van der Waals surface area contributed by atoms with Gasteiger partial charge in [-0.3, -0.25) is 4.79 Å². The van der Waals surface area contributed by atoms with Crippen LogP contribution in [0.25, 0.3) is 0 Å². The van der Waals surface area contributed by atoms with Crippen LogP contribution >= 0.6 is 0 Å². The average molecular weight is 261 g/mol. The van der Waals surface area contributed by atoms with E-state index in [0.29, 0.717) is 12.0 Å². The Bertz CT molecular complexity index is 421. The molecular weight excluding hydrogens is 238 g/mol. The molecule has 3 nitrogen and oxygen atoms in total. The number of ether oxygens (including phenoxy) is 1. The molecule has 19 heavy (non-hydrogen) atoms. The second kappa shape index (κ2) is 6.09. The van der Waals surface area contributed by atoms with Gasteiger partial charge in [0.25, 0.3) is 5.91 Å². The molecule has 0 radical (unpaired) electrons. The number of hydrogen-bond donors (Lipinski definition) is 0. The molecule has 0 aliphatic heterocycles. The van der Waals surface area contributed by atoms with E-state index in [0.717, 1.165) is 25.1 Å². The molecule has 0 bridgehead atoms. The molecule has 0 atom stereocenters. The van der Waals surface area contributed by atoms with Crippen LogP contribution in [-0.2, 0) is 4.79 Å². The number of amides is 1. The molecule has 0 aromatic heterocycles. The van der Waals surface area contributed by atoms with Gasteiger partial charge in [0.2, 0.25) is 0 Å². The molecule has 1 amide bonds. The standard InChI is InChI=1S/C16H23NO2/c1-4-17(14-7-8-14)16(18)11-19-15-9-5-13(6-10-15)12(2)3/h5-6,9-10,12,14H,4,7-8,11H2,1-3H3. The van der Waals surface area contributed by atoms with Gasteiger partial charge in [-0.25, -0.2) is 0 Å². The Morgan fingerprint density at radius 1 is 1.32 bits per heavy atom. The Morgan fingerprint density at radius 2 is 1.95 bits per heavy atom. The van der Waals surface area contributed by atoms with Gasteiger partial charge in [0.05, 0.1) is 0 Å².